The molecule has 2 spiro atoms. The molecule has 57 heavy (non-hydrogen) atoms. The van der Waals surface area contributed by atoms with Crippen LogP contribution in [0.4, 0.5) is 35.7 Å². The molecule has 0 saturated heterocycles. The number of nitrogens with zero attached hydrogens (tertiary/aromatic N) is 3. The first kappa shape index (κ1) is 40.1. The second-order valence-corrected chi connectivity index (χ2v) is 16.0. The SMILES string of the molecule is CN1C(=CC=C2CCC(=CC=C3N(C)c4ccccc4C34CCCCC4)C2=[N+](c2ccccc2)c2ccccc2)C2(CCCCC2)c2ccccc21.FB(F)F.[F-]. The maximum Gasteiger partial charge on any atom is 0.762 e. The molecule has 0 radical (unpaired) electrons. The van der Waals surface area contributed by atoms with E-state index >= 15 is 0 Å². The molecule has 4 aromatic rings. The number of benzene rings is 4. The maximum atomic E-state index is 9.67. The third kappa shape index (κ3) is 7.44. The Labute approximate surface area is 336 Å². The van der Waals surface area contributed by atoms with Crippen molar-refractivity contribution < 1.29 is 17.7 Å². The fourth-order valence-corrected chi connectivity index (χ4v) is 10.7. The van der Waals surface area contributed by atoms with Gasteiger partial charge in [0.1, 0.15) is 0 Å². The van der Waals surface area contributed by atoms with Gasteiger partial charge in [0.05, 0.1) is 0 Å². The summed E-state index contributed by atoms with van der Waals surface area (Å²) in [5, 5.41) is 0. The number of fused-ring (bicyclic) bond motifs is 4. The van der Waals surface area contributed by atoms with Gasteiger partial charge in [-0.05, 0) is 73.9 Å². The molecule has 3 aliphatic carbocycles. The van der Waals surface area contributed by atoms with Gasteiger partial charge in [0.15, 0.2) is 0 Å². The van der Waals surface area contributed by atoms with Crippen LogP contribution in [0.3, 0.4) is 0 Å². The van der Waals surface area contributed by atoms with Crippen LogP contribution in [0.1, 0.15) is 88.2 Å². The van der Waals surface area contributed by atoms with Gasteiger partial charge in [0.2, 0.25) is 17.1 Å². The Kier molecular flexibility index (Phi) is 12.1. The summed E-state index contributed by atoms with van der Waals surface area (Å²) in [6.45, 7) is 0. The van der Waals surface area contributed by atoms with E-state index in [-0.39, 0.29) is 15.5 Å². The number of para-hydroxylation sites is 4. The Morgan fingerprint density at radius 1 is 0.509 bits per heavy atom. The highest BCUT2D eigenvalue weighted by molar-refractivity contribution is 6.33. The number of hydrogen-bond acceptors (Lipinski definition) is 2. The minimum Gasteiger partial charge on any atom is -1.00 e. The van der Waals surface area contributed by atoms with Crippen LogP contribution in [0.25, 0.3) is 0 Å². The minimum atomic E-state index is -3.67. The number of hydrogen-bond donors (Lipinski definition) is 0. The second kappa shape index (κ2) is 17.2. The molecule has 8 heteroatoms. The van der Waals surface area contributed by atoms with Gasteiger partial charge >= 0.3 is 7.54 Å². The largest absolute Gasteiger partial charge is 1.00 e. The van der Waals surface area contributed by atoms with E-state index in [0.29, 0.717) is 0 Å². The molecule has 3 saturated carbocycles. The molecule has 4 aromatic carbocycles. The summed E-state index contributed by atoms with van der Waals surface area (Å²) in [5.41, 5.74) is 15.5. The summed E-state index contributed by atoms with van der Waals surface area (Å²) < 4.78 is 31.5. The average molecular weight is 770 g/mol. The predicted molar refractivity (Wildman–Crippen MR) is 229 cm³/mol. The third-order valence-electron chi connectivity index (χ3n) is 13.1. The topological polar surface area (TPSA) is 9.49 Å². The van der Waals surface area contributed by atoms with Gasteiger partial charge in [0.25, 0.3) is 0 Å². The van der Waals surface area contributed by atoms with Crippen LogP contribution in [0.5, 0.6) is 0 Å². The summed E-state index contributed by atoms with van der Waals surface area (Å²) >= 11 is 0. The lowest BCUT2D eigenvalue weighted by atomic mass is 9.68. The van der Waals surface area contributed by atoms with Crippen molar-refractivity contribution >= 4 is 36.0 Å². The van der Waals surface area contributed by atoms with Crippen LogP contribution in [0.15, 0.2) is 156 Å². The Morgan fingerprint density at radius 2 is 0.860 bits per heavy atom. The maximum absolute atomic E-state index is 9.67. The van der Waals surface area contributed by atoms with Crippen molar-refractivity contribution in [2.45, 2.75) is 87.9 Å². The Hall–Kier alpha value is -5.11. The number of rotatable bonds is 4. The molecular formula is C49H52BF4N3. The number of anilines is 2. The normalized spacial score (nSPS) is 21.8. The van der Waals surface area contributed by atoms with E-state index in [1.54, 1.807) is 0 Å². The number of halogens is 4. The molecule has 294 valence electrons. The van der Waals surface area contributed by atoms with E-state index in [1.165, 1.54) is 126 Å². The van der Waals surface area contributed by atoms with Crippen molar-refractivity contribution in [3.63, 3.8) is 0 Å². The van der Waals surface area contributed by atoms with Gasteiger partial charge in [-0.25, -0.2) is 0 Å². The zero-order chi connectivity index (χ0) is 38.7. The van der Waals surface area contributed by atoms with Crippen LogP contribution in [0, 0.1) is 0 Å². The first-order valence-electron chi connectivity index (χ1n) is 20.5. The van der Waals surface area contributed by atoms with Gasteiger partial charge in [-0.3, -0.25) is 12.9 Å². The van der Waals surface area contributed by atoms with Crippen molar-refractivity contribution in [2.24, 2.45) is 0 Å². The molecule has 0 unspecified atom stereocenters. The molecule has 3 nitrogen and oxygen atoms in total. The van der Waals surface area contributed by atoms with Crippen LogP contribution in [-0.2, 0) is 10.8 Å². The monoisotopic (exact) mass is 769 g/mol. The quantitative estimate of drug-likeness (QED) is 0.116. The second-order valence-electron chi connectivity index (χ2n) is 16.0. The molecule has 0 atom stereocenters. The summed E-state index contributed by atoms with van der Waals surface area (Å²) in [5.74, 6) is 0. The lowest BCUT2D eigenvalue weighted by molar-refractivity contribution is -0.0000139. The summed E-state index contributed by atoms with van der Waals surface area (Å²) in [6, 6.07) is 40.4. The van der Waals surface area contributed by atoms with Gasteiger partial charge in [-0.2, -0.15) is 4.58 Å². The fourth-order valence-electron chi connectivity index (χ4n) is 10.7. The zero-order valence-corrected chi connectivity index (χ0v) is 33.1. The molecule has 9 rings (SSSR count). The molecule has 0 bridgehead atoms. The molecule has 0 amide bonds. The summed E-state index contributed by atoms with van der Waals surface area (Å²) in [6.07, 6.45) is 24.9. The Balaban J connectivity index is 0.000000949. The Morgan fingerprint density at radius 3 is 1.25 bits per heavy atom. The molecule has 3 fully saturated rings. The minimum absolute atomic E-state index is 0. The van der Waals surface area contributed by atoms with E-state index in [1.807, 2.05) is 0 Å². The van der Waals surface area contributed by atoms with Crippen molar-refractivity contribution in [2.75, 3.05) is 23.9 Å². The molecule has 5 aliphatic rings. The average Bonchev–Trinajstić information content (AvgIpc) is 3.80. The van der Waals surface area contributed by atoms with Gasteiger partial charge in [-0.1, -0.05) is 123 Å². The van der Waals surface area contributed by atoms with Gasteiger partial charge in [0, 0.05) is 83.1 Å². The summed E-state index contributed by atoms with van der Waals surface area (Å²) in [4.78, 5) is 4.99. The molecule has 0 aromatic heterocycles. The van der Waals surface area contributed by atoms with Crippen molar-refractivity contribution in [3.05, 3.63) is 167 Å². The van der Waals surface area contributed by atoms with Crippen LogP contribution in [-0.4, -0.2) is 27.4 Å². The zero-order valence-electron chi connectivity index (χ0n) is 33.1. The Bertz CT molecular complexity index is 2040. The van der Waals surface area contributed by atoms with Crippen LogP contribution < -0.4 is 19.1 Å². The highest BCUT2D eigenvalue weighted by Gasteiger charge is 2.47. The number of allylic oxidation sites excluding steroid dienone is 8. The van der Waals surface area contributed by atoms with Gasteiger partial charge < -0.3 is 14.5 Å². The molecule has 2 aliphatic heterocycles. The predicted octanol–water partition coefficient (Wildman–Crippen LogP) is 9.96. The van der Waals surface area contributed by atoms with Crippen LogP contribution in [0.2, 0.25) is 0 Å². The van der Waals surface area contributed by atoms with Crippen LogP contribution >= 0.6 is 0 Å². The lowest BCUT2D eigenvalue weighted by Gasteiger charge is -2.36. The standard InChI is InChI=1S/C49H52N3.BF3.FH/c1-50-43-25-13-11-23-41(43)48(33-15-5-16-34-48)45(50)31-29-37-27-28-38(47(37)52(39-19-7-3-8-20-39)40-21-9-4-10-22-40)30-32-46-49(35-17-6-18-36-49)42-24-12-14-26-44(42)51(46)2;2-1(3)4;/h3-4,7-14,19-26,29-32H,5-6,15-18,27-28,33-36H2,1-2H3;;1H/q+1;;/p-1. The third-order valence-corrected chi connectivity index (χ3v) is 13.1. The first-order valence-corrected chi connectivity index (χ1v) is 20.5. The highest BCUT2D eigenvalue weighted by atomic mass is 19.4. The van der Waals surface area contributed by atoms with E-state index in [9.17, 15) is 12.9 Å². The van der Waals surface area contributed by atoms with E-state index in [0.717, 1.165) is 12.8 Å². The van der Waals surface area contributed by atoms with Gasteiger partial charge in [-0.15, -0.1) is 0 Å². The van der Waals surface area contributed by atoms with Crippen molar-refractivity contribution in [1.82, 2.24) is 4.58 Å². The summed E-state index contributed by atoms with van der Waals surface area (Å²) in [7, 11) is 0.918. The van der Waals surface area contributed by atoms with Crippen molar-refractivity contribution in [1.29, 1.82) is 0 Å². The smallest absolute Gasteiger partial charge is 0.762 e. The molecule has 0 N–H and O–H groups in total. The van der Waals surface area contributed by atoms with E-state index in [2.05, 4.69) is 162 Å². The molecular weight excluding hydrogens is 717 g/mol. The van der Waals surface area contributed by atoms with Crippen molar-refractivity contribution in [3.8, 4) is 0 Å². The first-order chi connectivity index (χ1) is 27.3. The van der Waals surface area contributed by atoms with E-state index in [4.69, 9.17) is 0 Å². The highest BCUT2D eigenvalue weighted by Crippen LogP contribution is 2.56. The molecule has 2 heterocycles. The van der Waals surface area contributed by atoms with E-state index < -0.39 is 7.54 Å². The fraction of sp³-hybridized carbons (Fsp3) is 0.327. The lowest BCUT2D eigenvalue weighted by Crippen LogP contribution is -3.00. The number of likely N-dealkylation sites (N-methyl/N-ethyl adjacent to an activating group) is 2.